The van der Waals surface area contributed by atoms with Crippen LogP contribution in [0.25, 0.3) is 0 Å². The van der Waals surface area contributed by atoms with Crippen molar-refractivity contribution in [2.24, 2.45) is 0 Å². The SMILES string of the molecule is O=C(O)N[C@@H]1c2c(Cl)cc(Cl)cc2C[C@@H]1O. The highest BCUT2D eigenvalue weighted by molar-refractivity contribution is 6.35. The summed E-state index contributed by atoms with van der Waals surface area (Å²) in [5.41, 5.74) is 1.39. The number of aliphatic hydroxyl groups is 1. The zero-order chi connectivity index (χ0) is 11.9. The smallest absolute Gasteiger partial charge is 0.405 e. The highest BCUT2D eigenvalue weighted by atomic mass is 35.5. The molecule has 1 aromatic rings. The Hall–Kier alpha value is -0.970. The van der Waals surface area contributed by atoms with E-state index in [1.807, 2.05) is 0 Å². The van der Waals surface area contributed by atoms with Gasteiger partial charge in [0, 0.05) is 16.5 Å². The predicted molar refractivity (Wildman–Crippen MR) is 60.1 cm³/mol. The molecule has 6 heteroatoms. The van der Waals surface area contributed by atoms with Gasteiger partial charge in [0.25, 0.3) is 0 Å². The van der Waals surface area contributed by atoms with Crippen molar-refractivity contribution in [1.82, 2.24) is 5.32 Å². The van der Waals surface area contributed by atoms with Crippen LogP contribution in [0.1, 0.15) is 17.2 Å². The molecule has 0 saturated carbocycles. The Kier molecular flexibility index (Phi) is 2.97. The van der Waals surface area contributed by atoms with Crippen molar-refractivity contribution in [2.45, 2.75) is 18.6 Å². The van der Waals surface area contributed by atoms with Gasteiger partial charge in [-0.15, -0.1) is 0 Å². The zero-order valence-corrected chi connectivity index (χ0v) is 9.59. The van der Waals surface area contributed by atoms with Gasteiger partial charge in [-0.1, -0.05) is 23.2 Å². The van der Waals surface area contributed by atoms with Crippen LogP contribution in [0.5, 0.6) is 0 Å². The predicted octanol–water partition coefficient (Wildman–Crippen LogP) is 2.22. The Morgan fingerprint density at radius 1 is 1.44 bits per heavy atom. The summed E-state index contributed by atoms with van der Waals surface area (Å²) in [5, 5.41) is 21.5. The number of halogens is 2. The summed E-state index contributed by atoms with van der Waals surface area (Å²) in [4.78, 5) is 10.6. The fraction of sp³-hybridized carbons (Fsp3) is 0.300. The van der Waals surface area contributed by atoms with E-state index in [1.165, 1.54) is 6.07 Å². The monoisotopic (exact) mass is 261 g/mol. The summed E-state index contributed by atoms with van der Waals surface area (Å²) in [6, 6.07) is 2.55. The Morgan fingerprint density at radius 3 is 2.75 bits per heavy atom. The Bertz CT molecular complexity index is 450. The molecule has 1 aliphatic carbocycles. The van der Waals surface area contributed by atoms with Crippen LogP contribution in [0, 0.1) is 0 Å². The first-order valence-corrected chi connectivity index (χ1v) is 5.40. The molecule has 86 valence electrons. The lowest BCUT2D eigenvalue weighted by Gasteiger charge is -2.16. The van der Waals surface area contributed by atoms with Crippen LogP contribution >= 0.6 is 23.2 Å². The Balaban J connectivity index is 2.43. The van der Waals surface area contributed by atoms with Crippen molar-refractivity contribution in [3.63, 3.8) is 0 Å². The fourth-order valence-corrected chi connectivity index (χ4v) is 2.65. The molecule has 0 heterocycles. The number of benzene rings is 1. The molecule has 2 rings (SSSR count). The van der Waals surface area contributed by atoms with Gasteiger partial charge in [0.15, 0.2) is 0 Å². The minimum Gasteiger partial charge on any atom is -0.465 e. The van der Waals surface area contributed by atoms with Gasteiger partial charge in [-0.05, 0) is 23.3 Å². The average molecular weight is 262 g/mol. The molecule has 0 bridgehead atoms. The standard InChI is InChI=1S/C10H9Cl2NO3/c11-5-1-4-2-7(14)9(13-10(15)16)8(4)6(12)3-5/h1,3,7,9,13-14H,2H2,(H,15,16)/t7-,9-/m0/s1. The van der Waals surface area contributed by atoms with Crippen LogP contribution in [0.3, 0.4) is 0 Å². The Morgan fingerprint density at radius 2 is 2.12 bits per heavy atom. The van der Waals surface area contributed by atoms with E-state index in [4.69, 9.17) is 28.3 Å². The molecule has 1 amide bonds. The second-order valence-electron chi connectivity index (χ2n) is 3.66. The third-order valence-corrected chi connectivity index (χ3v) is 3.11. The van der Waals surface area contributed by atoms with Crippen molar-refractivity contribution in [3.05, 3.63) is 33.3 Å². The highest BCUT2D eigenvalue weighted by Gasteiger charge is 2.34. The van der Waals surface area contributed by atoms with Crippen molar-refractivity contribution in [1.29, 1.82) is 0 Å². The summed E-state index contributed by atoms with van der Waals surface area (Å²) in [5.74, 6) is 0. The molecule has 1 aliphatic rings. The van der Waals surface area contributed by atoms with Gasteiger partial charge in [-0.25, -0.2) is 4.79 Å². The van der Waals surface area contributed by atoms with E-state index in [-0.39, 0.29) is 0 Å². The van der Waals surface area contributed by atoms with Crippen molar-refractivity contribution in [2.75, 3.05) is 0 Å². The Labute approximate surface area is 102 Å². The number of amides is 1. The topological polar surface area (TPSA) is 69.6 Å². The van der Waals surface area contributed by atoms with Crippen LogP contribution in [0.15, 0.2) is 12.1 Å². The summed E-state index contributed by atoms with van der Waals surface area (Å²) >= 11 is 11.8. The quantitative estimate of drug-likeness (QED) is 0.726. The number of hydrogen-bond donors (Lipinski definition) is 3. The fourth-order valence-electron chi connectivity index (χ4n) is 1.99. The lowest BCUT2D eigenvalue weighted by molar-refractivity contribution is 0.131. The van der Waals surface area contributed by atoms with E-state index in [0.717, 1.165) is 5.56 Å². The van der Waals surface area contributed by atoms with E-state index in [2.05, 4.69) is 5.32 Å². The molecule has 0 spiro atoms. The summed E-state index contributed by atoms with van der Waals surface area (Å²) in [6.45, 7) is 0. The first-order chi connectivity index (χ1) is 7.49. The lowest BCUT2D eigenvalue weighted by Crippen LogP contribution is -2.32. The number of aliphatic hydroxyl groups excluding tert-OH is 1. The van der Waals surface area contributed by atoms with Gasteiger partial charge in [0.2, 0.25) is 0 Å². The van der Waals surface area contributed by atoms with E-state index in [1.54, 1.807) is 6.07 Å². The minimum absolute atomic E-state index is 0.348. The van der Waals surface area contributed by atoms with E-state index in [9.17, 15) is 9.90 Å². The molecule has 0 fully saturated rings. The van der Waals surface area contributed by atoms with Crippen LogP contribution in [-0.2, 0) is 6.42 Å². The van der Waals surface area contributed by atoms with E-state index >= 15 is 0 Å². The third-order valence-electron chi connectivity index (χ3n) is 2.58. The first kappa shape index (κ1) is 11.5. The van der Waals surface area contributed by atoms with Gasteiger partial charge < -0.3 is 15.5 Å². The second kappa shape index (κ2) is 4.13. The molecule has 1 aromatic carbocycles. The zero-order valence-electron chi connectivity index (χ0n) is 8.08. The maximum Gasteiger partial charge on any atom is 0.405 e. The van der Waals surface area contributed by atoms with Gasteiger partial charge >= 0.3 is 6.09 Å². The number of rotatable bonds is 1. The van der Waals surface area contributed by atoms with E-state index < -0.39 is 18.2 Å². The molecule has 0 radical (unpaired) electrons. The molecule has 16 heavy (non-hydrogen) atoms. The molecule has 4 nitrogen and oxygen atoms in total. The largest absolute Gasteiger partial charge is 0.465 e. The number of nitrogens with one attached hydrogen (secondary N) is 1. The number of carbonyl (C=O) groups is 1. The molecule has 0 unspecified atom stereocenters. The maximum absolute atomic E-state index is 10.6. The molecule has 2 atom stereocenters. The van der Waals surface area contributed by atoms with Crippen molar-refractivity contribution in [3.8, 4) is 0 Å². The van der Waals surface area contributed by atoms with Gasteiger partial charge in [0.05, 0.1) is 12.1 Å². The molecular formula is C10H9Cl2NO3. The first-order valence-electron chi connectivity index (χ1n) is 4.64. The highest BCUT2D eigenvalue weighted by Crippen LogP contribution is 2.38. The number of carboxylic acid groups (broad SMARTS) is 1. The van der Waals surface area contributed by atoms with Crippen LogP contribution < -0.4 is 5.32 Å². The van der Waals surface area contributed by atoms with Gasteiger partial charge in [0.1, 0.15) is 0 Å². The lowest BCUT2D eigenvalue weighted by atomic mass is 10.1. The molecular weight excluding hydrogens is 253 g/mol. The van der Waals surface area contributed by atoms with Crippen molar-refractivity contribution >= 4 is 29.3 Å². The van der Waals surface area contributed by atoms with Crippen LogP contribution in [0.2, 0.25) is 10.0 Å². The minimum atomic E-state index is -1.19. The van der Waals surface area contributed by atoms with Gasteiger partial charge in [-0.2, -0.15) is 0 Å². The number of hydrogen-bond acceptors (Lipinski definition) is 2. The molecule has 0 aliphatic heterocycles. The summed E-state index contributed by atoms with van der Waals surface area (Å²) < 4.78 is 0. The normalized spacial score (nSPS) is 22.9. The average Bonchev–Trinajstić information content (AvgIpc) is 2.41. The second-order valence-corrected chi connectivity index (χ2v) is 4.50. The molecule has 3 N–H and O–H groups in total. The van der Waals surface area contributed by atoms with Gasteiger partial charge in [-0.3, -0.25) is 0 Å². The molecule has 0 aromatic heterocycles. The third kappa shape index (κ3) is 1.96. The summed E-state index contributed by atoms with van der Waals surface area (Å²) in [6.07, 6.45) is -1.65. The number of fused-ring (bicyclic) bond motifs is 1. The van der Waals surface area contributed by atoms with E-state index in [0.29, 0.717) is 22.0 Å². The summed E-state index contributed by atoms with van der Waals surface area (Å²) in [7, 11) is 0. The van der Waals surface area contributed by atoms with Crippen molar-refractivity contribution < 1.29 is 15.0 Å². The van der Waals surface area contributed by atoms with Crippen LogP contribution in [-0.4, -0.2) is 22.4 Å². The molecule has 0 saturated heterocycles. The maximum atomic E-state index is 10.6. The van der Waals surface area contributed by atoms with Crippen LogP contribution in [0.4, 0.5) is 4.79 Å².